The van der Waals surface area contributed by atoms with Crippen molar-refractivity contribution < 1.29 is 15.3 Å². The number of aliphatic hydroxyl groups excluding tert-OH is 2. The summed E-state index contributed by atoms with van der Waals surface area (Å²) in [5.74, 6) is 0.246. The van der Waals surface area contributed by atoms with Gasteiger partial charge in [-0.15, -0.1) is 0 Å². The number of phenols is 1. The van der Waals surface area contributed by atoms with Crippen LogP contribution in [0.25, 0.3) is 0 Å². The second-order valence-electron chi connectivity index (χ2n) is 15.2. The number of anilines is 1. The fourth-order valence-corrected chi connectivity index (χ4v) is 7.14. The Morgan fingerprint density at radius 2 is 0.646 bits per heavy atom. The number of unbranched alkanes of at least 4 members (excludes halogenated alkanes) is 28. The highest BCUT2D eigenvalue weighted by Crippen LogP contribution is 2.22. The lowest BCUT2D eigenvalue weighted by Crippen LogP contribution is -2.38. The highest BCUT2D eigenvalue weighted by atomic mass is 16.3. The molecular weight excluding hydrogens is 590 g/mol. The smallest absolute Gasteiger partial charge is 0.115 e. The maximum atomic E-state index is 10.9. The van der Waals surface area contributed by atoms with Gasteiger partial charge in [-0.2, -0.15) is 0 Å². The Hall–Kier alpha value is -1.26. The lowest BCUT2D eigenvalue weighted by molar-refractivity contribution is 0.145. The number of nitrogens with zero attached hydrogens (tertiary/aromatic N) is 1. The molecule has 0 aliphatic carbocycles. The molecule has 0 heterocycles. The van der Waals surface area contributed by atoms with Gasteiger partial charge in [0.15, 0.2) is 0 Å². The molecule has 0 bridgehead atoms. The maximum Gasteiger partial charge on any atom is 0.115 e. The first kappa shape index (κ1) is 44.8. The third-order valence-electron chi connectivity index (χ3n) is 10.4. The predicted octanol–water partition coefficient (Wildman–Crippen LogP) is 13.4. The summed E-state index contributed by atoms with van der Waals surface area (Å²) in [7, 11) is 0. The van der Waals surface area contributed by atoms with Crippen LogP contribution in [0, 0.1) is 0 Å². The molecule has 2 atom stereocenters. The normalized spacial score (nSPS) is 12.8. The molecule has 0 saturated heterocycles. The van der Waals surface area contributed by atoms with Gasteiger partial charge in [-0.3, -0.25) is 0 Å². The molecule has 1 aromatic carbocycles. The zero-order chi connectivity index (χ0) is 34.8. The van der Waals surface area contributed by atoms with Gasteiger partial charge in [0.25, 0.3) is 0 Å². The molecule has 48 heavy (non-hydrogen) atoms. The minimum Gasteiger partial charge on any atom is -0.508 e. The number of phenolic OH excluding ortho intramolecular Hbond substituents is 1. The fourth-order valence-electron chi connectivity index (χ4n) is 7.14. The minimum atomic E-state index is -0.404. The maximum absolute atomic E-state index is 10.9. The van der Waals surface area contributed by atoms with Crippen LogP contribution >= 0.6 is 0 Å². The monoisotopic (exact) mass is 674 g/mol. The van der Waals surface area contributed by atoms with E-state index in [4.69, 9.17) is 0 Å². The number of aromatic hydroxyl groups is 1. The molecule has 0 aliphatic heterocycles. The molecular formula is C44H83NO3. The van der Waals surface area contributed by atoms with Crippen molar-refractivity contribution in [2.24, 2.45) is 0 Å². The lowest BCUT2D eigenvalue weighted by Gasteiger charge is -2.29. The molecule has 1 aromatic rings. The van der Waals surface area contributed by atoms with Crippen molar-refractivity contribution >= 4 is 5.69 Å². The first-order valence-electron chi connectivity index (χ1n) is 21.5. The highest BCUT2D eigenvalue weighted by molar-refractivity contribution is 5.49. The van der Waals surface area contributed by atoms with Gasteiger partial charge >= 0.3 is 0 Å². The summed E-state index contributed by atoms with van der Waals surface area (Å²) < 4.78 is 0. The number of hydrogen-bond donors (Lipinski definition) is 3. The van der Waals surface area contributed by atoms with Crippen molar-refractivity contribution in [1.82, 2.24) is 0 Å². The summed E-state index contributed by atoms with van der Waals surface area (Å²) in [5.41, 5.74) is 0.957. The summed E-state index contributed by atoms with van der Waals surface area (Å²) in [6.07, 6.45) is 41.3. The Kier molecular flexibility index (Phi) is 31.9. The third-order valence-corrected chi connectivity index (χ3v) is 10.4. The Labute approximate surface area is 299 Å². The Morgan fingerprint density at radius 1 is 0.396 bits per heavy atom. The van der Waals surface area contributed by atoms with Crippen LogP contribution in [-0.2, 0) is 0 Å². The van der Waals surface area contributed by atoms with Crippen molar-refractivity contribution in [3.8, 4) is 5.75 Å². The molecule has 0 saturated carbocycles. The fraction of sp³-hybridized carbons (Fsp3) is 0.864. The Balaban J connectivity index is 2.12. The summed E-state index contributed by atoms with van der Waals surface area (Å²) in [5, 5.41) is 31.6. The standard InChI is InChI=1S/C44H83NO3/c1-3-5-7-9-11-13-15-17-19-21-23-25-27-29-31-33-43(47)39-45(41-35-37-42(46)38-36-41)40-44(48)34-32-30-28-26-24-22-20-18-16-14-12-10-8-6-4-2/h35-38,43-44,46-48H,3-34,39-40H2,1-2H3. The molecule has 0 fully saturated rings. The van der Waals surface area contributed by atoms with E-state index in [1.54, 1.807) is 12.1 Å². The van der Waals surface area contributed by atoms with Crippen molar-refractivity contribution in [3.05, 3.63) is 24.3 Å². The highest BCUT2D eigenvalue weighted by Gasteiger charge is 2.17. The molecule has 4 heteroatoms. The number of aliphatic hydroxyl groups is 2. The SMILES string of the molecule is CCCCCCCCCCCCCCCCCC(O)CN(CC(O)CCCCCCCCCCCCCCCCC)c1ccc(O)cc1. The largest absolute Gasteiger partial charge is 0.508 e. The molecule has 2 unspecified atom stereocenters. The molecule has 3 N–H and O–H groups in total. The topological polar surface area (TPSA) is 63.9 Å². The minimum absolute atomic E-state index is 0.246. The first-order valence-corrected chi connectivity index (χ1v) is 21.5. The van der Waals surface area contributed by atoms with E-state index in [0.29, 0.717) is 13.1 Å². The molecule has 1 rings (SSSR count). The molecule has 0 aliphatic rings. The van der Waals surface area contributed by atoms with Crippen molar-refractivity contribution in [2.75, 3.05) is 18.0 Å². The second kappa shape index (κ2) is 34.2. The average molecular weight is 674 g/mol. The number of hydrogen-bond acceptors (Lipinski definition) is 4. The van der Waals surface area contributed by atoms with Crippen LogP contribution in [-0.4, -0.2) is 40.6 Å². The van der Waals surface area contributed by atoms with E-state index in [1.165, 1.54) is 180 Å². The van der Waals surface area contributed by atoms with E-state index in [0.717, 1.165) is 31.4 Å². The molecule has 0 aromatic heterocycles. The van der Waals surface area contributed by atoms with E-state index in [9.17, 15) is 15.3 Å². The van der Waals surface area contributed by atoms with Crippen molar-refractivity contribution in [2.45, 2.75) is 232 Å². The Morgan fingerprint density at radius 3 is 0.917 bits per heavy atom. The zero-order valence-electron chi connectivity index (χ0n) is 32.3. The van der Waals surface area contributed by atoms with E-state index < -0.39 is 12.2 Å². The van der Waals surface area contributed by atoms with Gasteiger partial charge in [-0.05, 0) is 37.1 Å². The van der Waals surface area contributed by atoms with Gasteiger partial charge in [0, 0.05) is 18.8 Å². The lowest BCUT2D eigenvalue weighted by atomic mass is 10.0. The van der Waals surface area contributed by atoms with Crippen LogP contribution in [0.3, 0.4) is 0 Å². The van der Waals surface area contributed by atoms with Gasteiger partial charge in [0.05, 0.1) is 12.2 Å². The third kappa shape index (κ3) is 28.6. The van der Waals surface area contributed by atoms with Crippen LogP contribution in [0.15, 0.2) is 24.3 Å². The van der Waals surface area contributed by atoms with Crippen LogP contribution in [0.5, 0.6) is 5.75 Å². The van der Waals surface area contributed by atoms with Gasteiger partial charge in [-0.25, -0.2) is 0 Å². The van der Waals surface area contributed by atoms with Crippen LogP contribution in [0.4, 0.5) is 5.69 Å². The van der Waals surface area contributed by atoms with Crippen molar-refractivity contribution in [1.29, 1.82) is 0 Å². The molecule has 0 amide bonds. The zero-order valence-corrected chi connectivity index (χ0v) is 32.3. The van der Waals surface area contributed by atoms with Gasteiger partial charge < -0.3 is 20.2 Å². The average Bonchev–Trinajstić information content (AvgIpc) is 3.08. The summed E-state index contributed by atoms with van der Waals surface area (Å²) >= 11 is 0. The van der Waals surface area contributed by atoms with Gasteiger partial charge in [-0.1, -0.05) is 206 Å². The summed E-state index contributed by atoms with van der Waals surface area (Å²) in [6, 6.07) is 7.20. The quantitative estimate of drug-likeness (QED) is 0.0615. The Bertz CT molecular complexity index is 727. The van der Waals surface area contributed by atoms with E-state index in [2.05, 4.69) is 18.7 Å². The number of benzene rings is 1. The molecule has 0 radical (unpaired) electrons. The van der Waals surface area contributed by atoms with Gasteiger partial charge in [0.2, 0.25) is 0 Å². The van der Waals surface area contributed by atoms with Crippen LogP contribution < -0.4 is 4.90 Å². The van der Waals surface area contributed by atoms with Gasteiger partial charge in [0.1, 0.15) is 5.75 Å². The summed E-state index contributed by atoms with van der Waals surface area (Å²) in [6.45, 7) is 5.62. The van der Waals surface area contributed by atoms with E-state index in [-0.39, 0.29) is 5.75 Å². The second-order valence-corrected chi connectivity index (χ2v) is 15.2. The molecule has 0 spiro atoms. The molecule has 4 nitrogen and oxygen atoms in total. The number of rotatable bonds is 37. The predicted molar refractivity (Wildman–Crippen MR) is 211 cm³/mol. The van der Waals surface area contributed by atoms with Crippen molar-refractivity contribution in [3.63, 3.8) is 0 Å². The van der Waals surface area contributed by atoms with Crippen LogP contribution in [0.1, 0.15) is 219 Å². The first-order chi connectivity index (χ1) is 23.6. The van der Waals surface area contributed by atoms with E-state index >= 15 is 0 Å². The van der Waals surface area contributed by atoms with E-state index in [1.807, 2.05) is 12.1 Å². The molecule has 282 valence electrons. The summed E-state index contributed by atoms with van der Waals surface area (Å²) in [4.78, 5) is 2.12. The van der Waals surface area contributed by atoms with Crippen LogP contribution in [0.2, 0.25) is 0 Å².